The minimum absolute atomic E-state index is 0.0188. The summed E-state index contributed by atoms with van der Waals surface area (Å²) in [5.74, 6) is 0.0193. The summed E-state index contributed by atoms with van der Waals surface area (Å²) in [4.78, 5) is 25.6. The second kappa shape index (κ2) is 8.95. The lowest BCUT2D eigenvalue weighted by atomic mass is 9.93. The van der Waals surface area contributed by atoms with Crippen molar-refractivity contribution in [2.75, 3.05) is 5.75 Å². The standard InChI is InChI=1S/C28H23NO4S/c1-18-25(24(30)17-34-23-5-3-2-4-6-23)26(33-29-18)21-9-7-19(8-10-21)20-11-13-22(14-12-20)28(15-16-28)27(31)32/h2-14H,15-17H2,1H3,(H,31,32). The van der Waals surface area contributed by atoms with Gasteiger partial charge >= 0.3 is 5.97 Å². The van der Waals surface area contributed by atoms with Gasteiger partial charge < -0.3 is 9.63 Å². The zero-order chi connectivity index (χ0) is 23.7. The summed E-state index contributed by atoms with van der Waals surface area (Å²) in [5, 5.41) is 13.5. The van der Waals surface area contributed by atoms with Gasteiger partial charge in [-0.15, -0.1) is 11.8 Å². The number of carbonyl (C=O) groups excluding carboxylic acids is 1. The molecule has 4 aromatic rings. The SMILES string of the molecule is Cc1noc(-c2ccc(-c3ccc(C4(C(=O)O)CC4)cc3)cc2)c1C(=O)CSc1ccccc1. The van der Waals surface area contributed by atoms with Crippen LogP contribution in [-0.4, -0.2) is 27.8 Å². The zero-order valence-corrected chi connectivity index (χ0v) is 19.5. The van der Waals surface area contributed by atoms with Crippen molar-refractivity contribution < 1.29 is 19.2 Å². The second-order valence-corrected chi connectivity index (χ2v) is 9.59. The van der Waals surface area contributed by atoms with Crippen molar-refractivity contribution in [3.63, 3.8) is 0 Å². The molecule has 1 N–H and O–H groups in total. The van der Waals surface area contributed by atoms with Crippen molar-refractivity contribution >= 4 is 23.5 Å². The molecule has 0 atom stereocenters. The van der Waals surface area contributed by atoms with E-state index in [4.69, 9.17) is 4.52 Å². The first kappa shape index (κ1) is 22.2. The topological polar surface area (TPSA) is 80.4 Å². The van der Waals surface area contributed by atoms with Crippen molar-refractivity contribution in [3.8, 4) is 22.5 Å². The van der Waals surface area contributed by atoms with Gasteiger partial charge in [0.2, 0.25) is 0 Å². The number of rotatable bonds is 8. The number of carbonyl (C=O) groups is 2. The average Bonchev–Trinajstić information content (AvgIpc) is 3.60. The quantitative estimate of drug-likeness (QED) is 0.237. The lowest BCUT2D eigenvalue weighted by Crippen LogP contribution is -2.19. The van der Waals surface area contributed by atoms with E-state index in [2.05, 4.69) is 5.16 Å². The Bertz CT molecular complexity index is 1340. The zero-order valence-electron chi connectivity index (χ0n) is 18.7. The molecule has 5 rings (SSSR count). The Morgan fingerprint density at radius 2 is 1.50 bits per heavy atom. The minimum atomic E-state index is -0.750. The summed E-state index contributed by atoms with van der Waals surface area (Å²) < 4.78 is 5.55. The van der Waals surface area contributed by atoms with Crippen molar-refractivity contribution in [2.45, 2.75) is 30.1 Å². The predicted octanol–water partition coefficient (Wildman–Crippen LogP) is 6.41. The maximum Gasteiger partial charge on any atom is 0.314 e. The summed E-state index contributed by atoms with van der Waals surface area (Å²) in [6.07, 6.45) is 1.38. The summed E-state index contributed by atoms with van der Waals surface area (Å²) in [6, 6.07) is 25.3. The molecule has 34 heavy (non-hydrogen) atoms. The van der Waals surface area contributed by atoms with Gasteiger partial charge in [-0.2, -0.15) is 0 Å². The van der Waals surface area contributed by atoms with E-state index in [1.807, 2.05) is 78.9 Å². The van der Waals surface area contributed by atoms with Gasteiger partial charge in [0.15, 0.2) is 11.5 Å². The molecule has 3 aromatic carbocycles. The van der Waals surface area contributed by atoms with E-state index >= 15 is 0 Å². The second-order valence-electron chi connectivity index (χ2n) is 8.54. The number of thioether (sulfide) groups is 1. The van der Waals surface area contributed by atoms with Crippen LogP contribution in [0, 0.1) is 6.92 Å². The molecule has 0 radical (unpaired) electrons. The fraction of sp³-hybridized carbons (Fsp3) is 0.179. The molecule has 0 spiro atoms. The first-order valence-electron chi connectivity index (χ1n) is 11.1. The Kier molecular flexibility index (Phi) is 5.84. The maximum absolute atomic E-state index is 13.0. The van der Waals surface area contributed by atoms with Crippen LogP contribution in [0.25, 0.3) is 22.5 Å². The lowest BCUT2D eigenvalue weighted by molar-refractivity contribution is -0.140. The molecule has 0 aliphatic heterocycles. The monoisotopic (exact) mass is 469 g/mol. The number of hydrogen-bond donors (Lipinski definition) is 1. The molecule has 0 unspecified atom stereocenters. The first-order chi connectivity index (χ1) is 16.5. The number of nitrogens with zero attached hydrogens (tertiary/aromatic N) is 1. The van der Waals surface area contributed by atoms with Gasteiger partial charge in [-0.1, -0.05) is 71.9 Å². The number of carboxylic acids is 1. The van der Waals surface area contributed by atoms with Gasteiger partial charge in [-0.25, -0.2) is 0 Å². The van der Waals surface area contributed by atoms with Crippen LogP contribution < -0.4 is 0 Å². The van der Waals surface area contributed by atoms with Gasteiger partial charge in [-0.3, -0.25) is 9.59 Å². The Balaban J connectivity index is 1.34. The number of ketones is 1. The van der Waals surface area contributed by atoms with Crippen LogP contribution in [0.2, 0.25) is 0 Å². The molecule has 1 fully saturated rings. The Labute approximate surface area is 201 Å². The average molecular weight is 470 g/mol. The Hall–Kier alpha value is -3.64. The van der Waals surface area contributed by atoms with Gasteiger partial charge in [0.05, 0.1) is 22.4 Å². The van der Waals surface area contributed by atoms with E-state index in [1.54, 1.807) is 6.92 Å². The highest BCUT2D eigenvalue weighted by Gasteiger charge is 2.51. The van der Waals surface area contributed by atoms with E-state index in [0.717, 1.165) is 27.1 Å². The molecule has 1 aliphatic rings. The first-order valence-corrected chi connectivity index (χ1v) is 12.1. The number of carboxylic acid groups (broad SMARTS) is 1. The maximum atomic E-state index is 13.0. The number of Topliss-reactive ketones (excluding diaryl/α,β-unsaturated/α-hetero) is 1. The van der Waals surface area contributed by atoms with Crippen LogP contribution in [0.15, 0.2) is 88.3 Å². The fourth-order valence-corrected chi connectivity index (χ4v) is 4.97. The molecule has 1 aliphatic carbocycles. The van der Waals surface area contributed by atoms with Crippen molar-refractivity contribution in [3.05, 3.63) is 95.7 Å². The van der Waals surface area contributed by atoms with Crippen LogP contribution in [0.4, 0.5) is 0 Å². The molecule has 6 heteroatoms. The van der Waals surface area contributed by atoms with Crippen LogP contribution >= 0.6 is 11.8 Å². The molecule has 5 nitrogen and oxygen atoms in total. The van der Waals surface area contributed by atoms with Crippen LogP contribution in [0.1, 0.15) is 34.5 Å². The molecular weight excluding hydrogens is 446 g/mol. The smallest absolute Gasteiger partial charge is 0.314 e. The summed E-state index contributed by atoms with van der Waals surface area (Å²) in [5.41, 5.74) is 4.05. The van der Waals surface area contributed by atoms with Gasteiger partial charge in [-0.05, 0) is 48.6 Å². The normalized spacial score (nSPS) is 14.0. The highest BCUT2D eigenvalue weighted by atomic mass is 32.2. The third kappa shape index (κ3) is 4.17. The molecule has 170 valence electrons. The third-order valence-corrected chi connectivity index (χ3v) is 7.34. The molecule has 0 amide bonds. The molecular formula is C28H23NO4S. The number of aliphatic carboxylic acids is 1. The molecule has 1 heterocycles. The van der Waals surface area contributed by atoms with Crippen LogP contribution in [-0.2, 0) is 10.2 Å². The highest BCUT2D eigenvalue weighted by molar-refractivity contribution is 8.00. The number of aryl methyl sites for hydroxylation is 1. The van der Waals surface area contributed by atoms with E-state index < -0.39 is 11.4 Å². The summed E-state index contributed by atoms with van der Waals surface area (Å²) in [6.45, 7) is 1.78. The van der Waals surface area contributed by atoms with E-state index in [9.17, 15) is 14.7 Å². The van der Waals surface area contributed by atoms with E-state index in [0.29, 0.717) is 35.6 Å². The fourth-order valence-electron chi connectivity index (χ4n) is 4.18. The molecule has 0 saturated heterocycles. The predicted molar refractivity (Wildman–Crippen MR) is 132 cm³/mol. The number of aromatic nitrogens is 1. The van der Waals surface area contributed by atoms with Crippen molar-refractivity contribution in [1.82, 2.24) is 5.16 Å². The highest BCUT2D eigenvalue weighted by Crippen LogP contribution is 2.48. The van der Waals surface area contributed by atoms with Gasteiger partial charge in [0, 0.05) is 10.5 Å². The molecule has 0 bridgehead atoms. The van der Waals surface area contributed by atoms with Crippen LogP contribution in [0.5, 0.6) is 0 Å². The number of hydrogen-bond acceptors (Lipinski definition) is 5. The molecule has 1 saturated carbocycles. The summed E-state index contributed by atoms with van der Waals surface area (Å²) >= 11 is 1.49. The summed E-state index contributed by atoms with van der Waals surface area (Å²) in [7, 11) is 0. The van der Waals surface area contributed by atoms with Crippen molar-refractivity contribution in [1.29, 1.82) is 0 Å². The third-order valence-electron chi connectivity index (χ3n) is 6.33. The van der Waals surface area contributed by atoms with Gasteiger partial charge in [0.1, 0.15) is 0 Å². The Morgan fingerprint density at radius 3 is 2.09 bits per heavy atom. The van der Waals surface area contributed by atoms with E-state index in [-0.39, 0.29) is 5.78 Å². The van der Waals surface area contributed by atoms with Crippen LogP contribution in [0.3, 0.4) is 0 Å². The lowest BCUT2D eigenvalue weighted by Gasteiger charge is -2.11. The van der Waals surface area contributed by atoms with Crippen molar-refractivity contribution in [2.24, 2.45) is 0 Å². The van der Waals surface area contributed by atoms with Gasteiger partial charge in [0.25, 0.3) is 0 Å². The minimum Gasteiger partial charge on any atom is -0.481 e. The number of benzene rings is 3. The van der Waals surface area contributed by atoms with E-state index in [1.165, 1.54) is 11.8 Å². The molecule has 1 aromatic heterocycles. The largest absolute Gasteiger partial charge is 0.481 e. The Morgan fingerprint density at radius 1 is 0.912 bits per heavy atom.